The van der Waals surface area contributed by atoms with Crippen LogP contribution in [-0.4, -0.2) is 30.6 Å². The third-order valence-electron chi connectivity index (χ3n) is 4.04. The zero-order chi connectivity index (χ0) is 17.1. The Morgan fingerprint density at radius 3 is 2.75 bits per heavy atom. The zero-order valence-electron chi connectivity index (χ0n) is 13.2. The monoisotopic (exact) mass is 328 g/mol. The summed E-state index contributed by atoms with van der Waals surface area (Å²) in [6, 6.07) is 12.8. The number of hydrogen-bond donors (Lipinski definition) is 1. The van der Waals surface area contributed by atoms with Gasteiger partial charge in [-0.05, 0) is 29.3 Å². The van der Waals surface area contributed by atoms with E-state index < -0.39 is 11.7 Å². The quantitative estimate of drug-likeness (QED) is 0.862. The van der Waals surface area contributed by atoms with Gasteiger partial charge in [-0.25, -0.2) is 9.18 Å². The molecule has 2 aromatic carbocycles. The maximum absolute atomic E-state index is 13.2. The summed E-state index contributed by atoms with van der Waals surface area (Å²) in [5.74, 6) is -1.34. The maximum atomic E-state index is 13.2. The van der Waals surface area contributed by atoms with Crippen LogP contribution in [0.15, 0.2) is 48.5 Å². The fourth-order valence-corrected chi connectivity index (χ4v) is 2.87. The van der Waals surface area contributed by atoms with Gasteiger partial charge < -0.3 is 15.0 Å². The van der Waals surface area contributed by atoms with Crippen LogP contribution in [0.5, 0.6) is 0 Å². The highest BCUT2D eigenvalue weighted by atomic mass is 19.1. The van der Waals surface area contributed by atoms with Crippen molar-refractivity contribution in [2.24, 2.45) is 0 Å². The number of nitrogens with one attached hydrogen (secondary N) is 1. The minimum atomic E-state index is -0.529. The third kappa shape index (κ3) is 3.22. The van der Waals surface area contributed by atoms with Gasteiger partial charge in [-0.3, -0.25) is 4.79 Å². The Morgan fingerprint density at radius 1 is 1.21 bits per heavy atom. The van der Waals surface area contributed by atoms with E-state index >= 15 is 0 Å². The third-order valence-corrected chi connectivity index (χ3v) is 4.04. The molecule has 1 unspecified atom stereocenters. The van der Waals surface area contributed by atoms with Crippen molar-refractivity contribution in [2.45, 2.75) is 12.5 Å². The number of nitrogens with zero attached hydrogens (tertiary/aromatic N) is 1. The molecule has 0 radical (unpaired) electrons. The Balaban J connectivity index is 1.82. The molecule has 1 aliphatic heterocycles. The van der Waals surface area contributed by atoms with Crippen molar-refractivity contribution >= 4 is 17.7 Å². The summed E-state index contributed by atoms with van der Waals surface area (Å²) in [4.78, 5) is 26.1. The minimum Gasteiger partial charge on any atom is -0.468 e. The zero-order valence-corrected chi connectivity index (χ0v) is 13.2. The van der Waals surface area contributed by atoms with Gasteiger partial charge in [0.2, 0.25) is 0 Å². The molecule has 6 heteroatoms. The highest BCUT2D eigenvalue weighted by Crippen LogP contribution is 2.29. The van der Waals surface area contributed by atoms with Gasteiger partial charge in [-0.2, -0.15) is 0 Å². The van der Waals surface area contributed by atoms with Gasteiger partial charge in [-0.1, -0.05) is 30.3 Å². The van der Waals surface area contributed by atoms with E-state index in [1.165, 1.54) is 30.2 Å². The number of carbonyl (C=O) groups is 2. The Morgan fingerprint density at radius 2 is 2.00 bits per heavy atom. The van der Waals surface area contributed by atoms with Gasteiger partial charge in [0.1, 0.15) is 5.82 Å². The number of benzene rings is 2. The molecule has 0 bridgehead atoms. The molecule has 5 nitrogen and oxygen atoms in total. The van der Waals surface area contributed by atoms with Crippen LogP contribution >= 0.6 is 0 Å². The van der Waals surface area contributed by atoms with Crippen molar-refractivity contribution in [2.75, 3.05) is 19.0 Å². The largest absolute Gasteiger partial charge is 0.468 e. The molecule has 24 heavy (non-hydrogen) atoms. The number of urea groups is 1. The number of fused-ring (bicyclic) bond motifs is 1. The van der Waals surface area contributed by atoms with Crippen molar-refractivity contribution in [1.82, 2.24) is 4.90 Å². The topological polar surface area (TPSA) is 58.6 Å². The maximum Gasteiger partial charge on any atom is 0.322 e. The van der Waals surface area contributed by atoms with Crippen molar-refractivity contribution in [1.29, 1.82) is 0 Å². The number of hydrogen-bond acceptors (Lipinski definition) is 3. The standard InChI is InChI=1S/C18H17FN2O3/c1-24-17(22)16-11-21(10-12-5-2-3-8-15(12)16)18(23)20-14-7-4-6-13(19)9-14/h2-9,16H,10-11H2,1H3,(H,20,23). The second-order valence-corrected chi connectivity index (χ2v) is 5.60. The molecule has 1 aliphatic rings. The minimum absolute atomic E-state index is 0.213. The lowest BCUT2D eigenvalue weighted by Gasteiger charge is -2.33. The van der Waals surface area contributed by atoms with Crippen molar-refractivity contribution < 1.29 is 18.7 Å². The van der Waals surface area contributed by atoms with Crippen LogP contribution < -0.4 is 5.32 Å². The highest BCUT2D eigenvalue weighted by molar-refractivity contribution is 5.90. The first-order valence-electron chi connectivity index (χ1n) is 7.55. The predicted octanol–water partition coefficient (Wildman–Crippen LogP) is 3.13. The van der Waals surface area contributed by atoms with Gasteiger partial charge >= 0.3 is 12.0 Å². The first kappa shape index (κ1) is 16.0. The molecule has 2 aromatic rings. The van der Waals surface area contributed by atoms with Crippen LogP contribution in [0, 0.1) is 5.82 Å². The van der Waals surface area contributed by atoms with E-state index in [0.29, 0.717) is 12.2 Å². The lowest BCUT2D eigenvalue weighted by molar-refractivity contribution is -0.143. The Labute approximate surface area is 139 Å². The number of rotatable bonds is 2. The Bertz CT molecular complexity index is 778. The molecule has 1 atom stereocenters. The van der Waals surface area contributed by atoms with Gasteiger partial charge in [0, 0.05) is 18.8 Å². The van der Waals surface area contributed by atoms with Crippen molar-refractivity contribution in [3.63, 3.8) is 0 Å². The fraction of sp³-hybridized carbons (Fsp3) is 0.222. The molecule has 1 heterocycles. The number of anilines is 1. The van der Waals surface area contributed by atoms with E-state index in [1.807, 2.05) is 24.3 Å². The fourth-order valence-electron chi connectivity index (χ4n) is 2.87. The van der Waals surface area contributed by atoms with Gasteiger partial charge in [0.25, 0.3) is 0 Å². The molecule has 0 aromatic heterocycles. The van der Waals surface area contributed by atoms with E-state index in [4.69, 9.17) is 4.74 Å². The summed E-state index contributed by atoms with van der Waals surface area (Å²) in [5.41, 5.74) is 2.14. The van der Waals surface area contributed by atoms with Crippen LogP contribution in [0.4, 0.5) is 14.9 Å². The molecule has 0 spiro atoms. The molecule has 124 valence electrons. The molecule has 0 saturated heterocycles. The van der Waals surface area contributed by atoms with Crippen molar-refractivity contribution in [3.8, 4) is 0 Å². The number of halogens is 1. The number of amides is 2. The Hall–Kier alpha value is -2.89. The summed E-state index contributed by atoms with van der Waals surface area (Å²) in [6.07, 6.45) is 0. The summed E-state index contributed by atoms with van der Waals surface area (Å²) in [6.45, 7) is 0.593. The smallest absolute Gasteiger partial charge is 0.322 e. The van der Waals surface area contributed by atoms with E-state index in [9.17, 15) is 14.0 Å². The summed E-state index contributed by atoms with van der Waals surface area (Å²) in [7, 11) is 1.33. The van der Waals surface area contributed by atoms with E-state index in [-0.39, 0.29) is 18.5 Å². The van der Waals surface area contributed by atoms with Crippen LogP contribution in [0.3, 0.4) is 0 Å². The normalized spacial score (nSPS) is 16.2. The second-order valence-electron chi connectivity index (χ2n) is 5.60. The molecule has 1 N–H and O–H groups in total. The highest BCUT2D eigenvalue weighted by Gasteiger charge is 2.33. The molecular weight excluding hydrogens is 311 g/mol. The number of carbonyl (C=O) groups excluding carboxylic acids is 2. The number of ether oxygens (including phenoxy) is 1. The van der Waals surface area contributed by atoms with E-state index in [1.54, 1.807) is 6.07 Å². The molecular formula is C18H17FN2O3. The lowest BCUT2D eigenvalue weighted by Crippen LogP contribution is -2.43. The molecule has 0 aliphatic carbocycles. The molecule has 0 fully saturated rings. The summed E-state index contributed by atoms with van der Waals surface area (Å²) >= 11 is 0. The molecule has 0 saturated carbocycles. The van der Waals surface area contributed by atoms with Gasteiger partial charge in [0.05, 0.1) is 13.0 Å². The average Bonchev–Trinajstić information content (AvgIpc) is 2.60. The van der Waals surface area contributed by atoms with Gasteiger partial charge in [0.15, 0.2) is 0 Å². The second kappa shape index (κ2) is 6.70. The summed E-state index contributed by atoms with van der Waals surface area (Å²) < 4.78 is 18.1. The average molecular weight is 328 g/mol. The van der Waals surface area contributed by atoms with E-state index in [2.05, 4.69) is 5.32 Å². The summed E-state index contributed by atoms with van der Waals surface area (Å²) in [5, 5.41) is 2.66. The van der Waals surface area contributed by atoms with Crippen LogP contribution in [0.25, 0.3) is 0 Å². The molecule has 3 rings (SSSR count). The molecule has 2 amide bonds. The lowest BCUT2D eigenvalue weighted by atomic mass is 9.90. The van der Waals surface area contributed by atoms with Crippen LogP contribution in [0.1, 0.15) is 17.0 Å². The Kier molecular flexibility index (Phi) is 4.46. The predicted molar refractivity (Wildman–Crippen MR) is 87.0 cm³/mol. The first-order chi connectivity index (χ1) is 11.6. The SMILES string of the molecule is COC(=O)C1CN(C(=O)Nc2cccc(F)c2)Cc2ccccc21. The van der Waals surface area contributed by atoms with Crippen LogP contribution in [0.2, 0.25) is 0 Å². The number of methoxy groups -OCH3 is 1. The number of esters is 1. The van der Waals surface area contributed by atoms with Gasteiger partial charge in [-0.15, -0.1) is 0 Å². The van der Waals surface area contributed by atoms with E-state index in [0.717, 1.165) is 11.1 Å². The van der Waals surface area contributed by atoms with Crippen LogP contribution in [-0.2, 0) is 16.1 Å². The first-order valence-corrected chi connectivity index (χ1v) is 7.55. The van der Waals surface area contributed by atoms with Crippen molar-refractivity contribution in [3.05, 3.63) is 65.5 Å².